The minimum absolute atomic E-state index is 0.107. The molecule has 0 aliphatic carbocycles. The summed E-state index contributed by atoms with van der Waals surface area (Å²) in [5.41, 5.74) is 1.56. The van der Waals surface area contributed by atoms with Crippen molar-refractivity contribution in [3.05, 3.63) is 71.0 Å². The van der Waals surface area contributed by atoms with Gasteiger partial charge < -0.3 is 0 Å². The van der Waals surface area contributed by atoms with E-state index in [9.17, 15) is 4.79 Å². The number of ketones is 1. The molecule has 0 amide bonds. The molecule has 0 saturated heterocycles. The van der Waals surface area contributed by atoms with Crippen molar-refractivity contribution in [2.45, 2.75) is 13.5 Å². The smallest absolute Gasteiger partial charge is 0.203 e. The predicted molar refractivity (Wildman–Crippen MR) is 81.6 cm³/mol. The third kappa shape index (κ3) is 3.68. The fourth-order valence-corrected chi connectivity index (χ4v) is 1.98. The maximum absolute atomic E-state index is 12.0. The summed E-state index contributed by atoms with van der Waals surface area (Å²) in [6, 6.07) is 11.4. The summed E-state index contributed by atoms with van der Waals surface area (Å²) in [5, 5.41) is 4.57. The second-order valence-electron chi connectivity index (χ2n) is 4.17. The van der Waals surface area contributed by atoms with E-state index < -0.39 is 0 Å². The quantitative estimate of drug-likeness (QED) is 0.474. The number of rotatable bonds is 5. The van der Waals surface area contributed by atoms with Gasteiger partial charge in [0.05, 0.1) is 0 Å². The SMILES string of the molecule is CCn1nccc1C(=O)/C=C/C(Cl)=C/c1ccccc1. The van der Waals surface area contributed by atoms with Gasteiger partial charge in [0, 0.05) is 17.8 Å². The van der Waals surface area contributed by atoms with E-state index in [1.807, 2.05) is 43.3 Å². The number of allylic oxidation sites excluding steroid dienone is 3. The fraction of sp³-hybridized carbons (Fsp3) is 0.125. The highest BCUT2D eigenvalue weighted by Gasteiger charge is 2.07. The van der Waals surface area contributed by atoms with E-state index in [1.165, 1.54) is 6.08 Å². The van der Waals surface area contributed by atoms with Gasteiger partial charge in [0.1, 0.15) is 5.69 Å². The molecule has 102 valence electrons. The van der Waals surface area contributed by atoms with Crippen LogP contribution in [-0.4, -0.2) is 15.6 Å². The summed E-state index contributed by atoms with van der Waals surface area (Å²) < 4.78 is 1.65. The van der Waals surface area contributed by atoms with Crippen LogP contribution in [0.4, 0.5) is 0 Å². The van der Waals surface area contributed by atoms with Gasteiger partial charge in [0.15, 0.2) is 0 Å². The van der Waals surface area contributed by atoms with Crippen molar-refractivity contribution in [3.63, 3.8) is 0 Å². The van der Waals surface area contributed by atoms with Gasteiger partial charge in [-0.2, -0.15) is 5.10 Å². The number of benzene rings is 1. The number of aryl methyl sites for hydroxylation is 1. The maximum Gasteiger partial charge on any atom is 0.203 e. The number of hydrogen-bond donors (Lipinski definition) is 0. The van der Waals surface area contributed by atoms with Crippen LogP contribution in [0.2, 0.25) is 0 Å². The Balaban J connectivity index is 2.09. The molecule has 0 aliphatic rings. The molecule has 1 aromatic heterocycles. The Hall–Kier alpha value is -2.13. The lowest BCUT2D eigenvalue weighted by molar-refractivity contribution is 0.103. The van der Waals surface area contributed by atoms with Crippen LogP contribution in [0.3, 0.4) is 0 Å². The van der Waals surface area contributed by atoms with Gasteiger partial charge in [-0.15, -0.1) is 0 Å². The highest BCUT2D eigenvalue weighted by molar-refractivity contribution is 6.33. The molecule has 0 radical (unpaired) electrons. The molecule has 0 atom stereocenters. The monoisotopic (exact) mass is 286 g/mol. The molecule has 4 heteroatoms. The summed E-state index contributed by atoms with van der Waals surface area (Å²) in [4.78, 5) is 12.0. The van der Waals surface area contributed by atoms with E-state index >= 15 is 0 Å². The number of nitrogens with zero attached hydrogens (tertiary/aromatic N) is 2. The Bertz CT molecular complexity index is 642. The molecule has 2 aromatic rings. The average Bonchev–Trinajstić information content (AvgIpc) is 2.94. The first kappa shape index (κ1) is 14.3. The van der Waals surface area contributed by atoms with E-state index in [2.05, 4.69) is 5.10 Å². The zero-order valence-electron chi connectivity index (χ0n) is 11.2. The number of carbonyl (C=O) groups excluding carboxylic acids is 1. The molecular formula is C16H15ClN2O. The van der Waals surface area contributed by atoms with Crippen molar-refractivity contribution < 1.29 is 4.79 Å². The van der Waals surface area contributed by atoms with E-state index in [0.717, 1.165) is 5.56 Å². The maximum atomic E-state index is 12.0. The van der Waals surface area contributed by atoms with Gasteiger partial charge >= 0.3 is 0 Å². The minimum atomic E-state index is -0.107. The largest absolute Gasteiger partial charge is 0.288 e. The van der Waals surface area contributed by atoms with Gasteiger partial charge in [0.25, 0.3) is 0 Å². The number of carbonyl (C=O) groups is 1. The van der Waals surface area contributed by atoms with Crippen molar-refractivity contribution in [1.82, 2.24) is 9.78 Å². The van der Waals surface area contributed by atoms with Crippen LogP contribution in [-0.2, 0) is 6.54 Å². The third-order valence-corrected chi connectivity index (χ3v) is 3.00. The zero-order chi connectivity index (χ0) is 14.4. The van der Waals surface area contributed by atoms with Gasteiger partial charge in [-0.25, -0.2) is 0 Å². The van der Waals surface area contributed by atoms with Crippen LogP contribution in [0.1, 0.15) is 23.0 Å². The Kier molecular flexibility index (Phi) is 4.91. The van der Waals surface area contributed by atoms with E-state index in [1.54, 1.807) is 23.0 Å². The Morgan fingerprint density at radius 2 is 2.00 bits per heavy atom. The molecule has 1 heterocycles. The van der Waals surface area contributed by atoms with E-state index in [4.69, 9.17) is 11.6 Å². The molecule has 0 N–H and O–H groups in total. The van der Waals surface area contributed by atoms with Crippen molar-refractivity contribution in [2.24, 2.45) is 0 Å². The molecule has 0 spiro atoms. The lowest BCUT2D eigenvalue weighted by Crippen LogP contribution is -2.07. The molecule has 0 bridgehead atoms. The number of halogens is 1. The van der Waals surface area contributed by atoms with Gasteiger partial charge in [-0.3, -0.25) is 9.48 Å². The lowest BCUT2D eigenvalue weighted by Gasteiger charge is -1.99. The average molecular weight is 287 g/mol. The zero-order valence-corrected chi connectivity index (χ0v) is 11.9. The normalized spacial score (nSPS) is 12.0. The number of aromatic nitrogens is 2. The highest BCUT2D eigenvalue weighted by atomic mass is 35.5. The molecule has 3 nitrogen and oxygen atoms in total. The standard InChI is InChI=1S/C16H15ClN2O/c1-2-19-15(10-11-18-19)16(20)9-8-14(17)12-13-6-4-3-5-7-13/h3-12H,2H2,1H3/b9-8+,14-12-. The Morgan fingerprint density at radius 3 is 2.70 bits per heavy atom. The van der Waals surface area contributed by atoms with Crippen molar-refractivity contribution in [2.75, 3.05) is 0 Å². The van der Waals surface area contributed by atoms with Gasteiger partial charge in [-0.05, 0) is 36.8 Å². The minimum Gasteiger partial charge on any atom is -0.288 e. The Morgan fingerprint density at radius 1 is 1.25 bits per heavy atom. The predicted octanol–water partition coefficient (Wildman–Crippen LogP) is 3.92. The molecule has 0 saturated carbocycles. The lowest BCUT2D eigenvalue weighted by atomic mass is 10.2. The van der Waals surface area contributed by atoms with Crippen LogP contribution in [0.25, 0.3) is 6.08 Å². The van der Waals surface area contributed by atoms with Crippen molar-refractivity contribution in [1.29, 1.82) is 0 Å². The van der Waals surface area contributed by atoms with Gasteiger partial charge in [-0.1, -0.05) is 41.9 Å². The molecule has 20 heavy (non-hydrogen) atoms. The Labute approximate surface area is 123 Å². The first-order valence-electron chi connectivity index (χ1n) is 6.37. The summed E-state index contributed by atoms with van der Waals surface area (Å²) in [7, 11) is 0. The summed E-state index contributed by atoms with van der Waals surface area (Å²) in [5.74, 6) is -0.107. The molecular weight excluding hydrogens is 272 g/mol. The second-order valence-corrected chi connectivity index (χ2v) is 4.61. The van der Waals surface area contributed by atoms with Crippen LogP contribution >= 0.6 is 11.6 Å². The first-order valence-corrected chi connectivity index (χ1v) is 6.75. The van der Waals surface area contributed by atoms with Crippen LogP contribution in [0.15, 0.2) is 59.8 Å². The third-order valence-electron chi connectivity index (χ3n) is 2.77. The first-order chi connectivity index (χ1) is 9.70. The highest BCUT2D eigenvalue weighted by Crippen LogP contribution is 2.12. The topological polar surface area (TPSA) is 34.9 Å². The summed E-state index contributed by atoms with van der Waals surface area (Å²) in [6.07, 6.45) is 6.49. The summed E-state index contributed by atoms with van der Waals surface area (Å²) >= 11 is 6.09. The van der Waals surface area contributed by atoms with E-state index in [0.29, 0.717) is 17.3 Å². The second kappa shape index (κ2) is 6.87. The fourth-order valence-electron chi connectivity index (χ4n) is 1.79. The van der Waals surface area contributed by atoms with Crippen LogP contribution in [0, 0.1) is 0 Å². The molecule has 0 fully saturated rings. The van der Waals surface area contributed by atoms with Crippen LogP contribution < -0.4 is 0 Å². The van der Waals surface area contributed by atoms with Crippen LogP contribution in [0.5, 0.6) is 0 Å². The number of hydrogen-bond acceptors (Lipinski definition) is 2. The molecule has 0 aliphatic heterocycles. The van der Waals surface area contributed by atoms with Gasteiger partial charge in [0.2, 0.25) is 5.78 Å². The van der Waals surface area contributed by atoms with Crippen molar-refractivity contribution >= 4 is 23.5 Å². The molecule has 0 unspecified atom stereocenters. The molecule has 1 aromatic carbocycles. The summed E-state index contributed by atoms with van der Waals surface area (Å²) in [6.45, 7) is 2.60. The molecule has 2 rings (SSSR count). The van der Waals surface area contributed by atoms with Crippen molar-refractivity contribution in [3.8, 4) is 0 Å². The van der Waals surface area contributed by atoms with E-state index in [-0.39, 0.29) is 5.78 Å².